The molecule has 1 aliphatic carbocycles. The highest BCUT2D eigenvalue weighted by Gasteiger charge is 2.38. The molecule has 144 valence electrons. The average molecular weight is 395 g/mol. The molecule has 7 heteroatoms. The van der Waals surface area contributed by atoms with Crippen molar-refractivity contribution in [2.45, 2.75) is 44.7 Å². The van der Waals surface area contributed by atoms with Crippen LogP contribution in [0, 0.1) is 6.92 Å². The predicted molar refractivity (Wildman–Crippen MR) is 98.6 cm³/mol. The predicted octanol–water partition coefficient (Wildman–Crippen LogP) is 4.98. The van der Waals surface area contributed by atoms with Crippen LogP contribution in [0.2, 0.25) is 0 Å². The second-order valence-corrected chi connectivity index (χ2v) is 8.23. The second kappa shape index (κ2) is 6.93. The van der Waals surface area contributed by atoms with Crippen LogP contribution in [0.5, 0.6) is 5.75 Å². The number of allylic oxidation sites excluding steroid dienone is 4. The van der Waals surface area contributed by atoms with Gasteiger partial charge in [0.2, 0.25) is 0 Å². The first-order chi connectivity index (χ1) is 12.8. The number of carbonyl (C=O) groups is 1. The Hall–Kier alpha value is -1.89. The average Bonchev–Trinajstić information content (AvgIpc) is 3.07. The van der Waals surface area contributed by atoms with Gasteiger partial charge in [-0.3, -0.25) is 4.79 Å². The van der Waals surface area contributed by atoms with Gasteiger partial charge in [0.25, 0.3) is 0 Å². The summed E-state index contributed by atoms with van der Waals surface area (Å²) in [6, 6.07) is 5.35. The molecule has 2 heterocycles. The number of carbonyl (C=O) groups excluding carboxylic acids is 1. The molecule has 0 fully saturated rings. The first-order valence-corrected chi connectivity index (χ1v) is 10.0. The van der Waals surface area contributed by atoms with Crippen LogP contribution in [0.15, 0.2) is 40.1 Å². The number of halogens is 3. The zero-order valence-electron chi connectivity index (χ0n) is 14.9. The molecule has 3 nitrogen and oxygen atoms in total. The number of hydrogen-bond acceptors (Lipinski definition) is 4. The van der Waals surface area contributed by atoms with E-state index in [-0.39, 0.29) is 17.5 Å². The minimum absolute atomic E-state index is 0.131. The van der Waals surface area contributed by atoms with Gasteiger partial charge in [0.05, 0.1) is 0 Å². The fourth-order valence-corrected chi connectivity index (χ4v) is 5.20. The number of benzene rings is 1. The molecule has 1 unspecified atom stereocenters. The Kier molecular flexibility index (Phi) is 4.74. The van der Waals surface area contributed by atoms with Crippen molar-refractivity contribution in [2.75, 3.05) is 12.4 Å². The van der Waals surface area contributed by atoms with Crippen LogP contribution in [0.25, 0.3) is 0 Å². The molecule has 0 saturated carbocycles. The summed E-state index contributed by atoms with van der Waals surface area (Å²) in [4.78, 5) is 13.8. The molecule has 0 amide bonds. The van der Waals surface area contributed by atoms with E-state index in [9.17, 15) is 18.0 Å². The van der Waals surface area contributed by atoms with Crippen LogP contribution in [0.1, 0.15) is 42.7 Å². The molecule has 0 radical (unpaired) electrons. The van der Waals surface area contributed by atoms with Crippen LogP contribution < -0.4 is 10.1 Å². The highest BCUT2D eigenvalue weighted by molar-refractivity contribution is 8.03. The molecular formula is C20H20F3NO2S. The van der Waals surface area contributed by atoms with Gasteiger partial charge in [-0.25, -0.2) is 0 Å². The van der Waals surface area contributed by atoms with E-state index in [0.717, 1.165) is 52.5 Å². The Bertz CT molecular complexity index is 857. The first-order valence-electron chi connectivity index (χ1n) is 9.02. The van der Waals surface area contributed by atoms with Crippen molar-refractivity contribution in [2.24, 2.45) is 0 Å². The van der Waals surface area contributed by atoms with Crippen molar-refractivity contribution in [3.63, 3.8) is 0 Å². The Morgan fingerprint density at radius 1 is 1.22 bits per heavy atom. The zero-order valence-corrected chi connectivity index (χ0v) is 15.7. The van der Waals surface area contributed by atoms with Gasteiger partial charge < -0.3 is 10.1 Å². The number of thioether (sulfide) groups is 1. The number of dihydropyridines is 1. The zero-order chi connectivity index (χ0) is 19.2. The molecule has 4 rings (SSSR count). The molecule has 1 atom stereocenters. The number of alkyl halides is 3. The van der Waals surface area contributed by atoms with E-state index in [2.05, 4.69) is 5.32 Å². The van der Waals surface area contributed by atoms with E-state index in [4.69, 9.17) is 4.74 Å². The lowest BCUT2D eigenvalue weighted by molar-refractivity contribution is -0.153. The summed E-state index contributed by atoms with van der Waals surface area (Å²) in [5.41, 5.74) is 4.38. The van der Waals surface area contributed by atoms with Crippen molar-refractivity contribution in [1.29, 1.82) is 0 Å². The minimum atomic E-state index is -4.39. The van der Waals surface area contributed by atoms with E-state index >= 15 is 0 Å². The Morgan fingerprint density at radius 2 is 2.04 bits per heavy atom. The number of Topliss-reactive ketones (excluding diaryl/α,β-unsaturated/α-hetero) is 1. The number of ether oxygens (including phenoxy) is 1. The quantitative estimate of drug-likeness (QED) is 0.784. The van der Waals surface area contributed by atoms with Gasteiger partial charge in [0.1, 0.15) is 5.75 Å². The molecule has 0 saturated heterocycles. The van der Waals surface area contributed by atoms with Crippen LogP contribution in [0.3, 0.4) is 0 Å². The fourth-order valence-electron chi connectivity index (χ4n) is 3.93. The smallest absolute Gasteiger partial charge is 0.422 e. The molecule has 1 aromatic carbocycles. The van der Waals surface area contributed by atoms with Crippen LogP contribution in [0.4, 0.5) is 13.2 Å². The van der Waals surface area contributed by atoms with E-state index in [1.165, 1.54) is 0 Å². The van der Waals surface area contributed by atoms with Gasteiger partial charge >= 0.3 is 6.18 Å². The monoisotopic (exact) mass is 395 g/mol. The van der Waals surface area contributed by atoms with Gasteiger partial charge in [-0.1, -0.05) is 12.1 Å². The summed E-state index contributed by atoms with van der Waals surface area (Å²) in [6.07, 6.45) is -1.27. The molecule has 0 aromatic heterocycles. The van der Waals surface area contributed by atoms with Crippen molar-refractivity contribution < 1.29 is 22.7 Å². The molecule has 3 aliphatic rings. The molecule has 0 bridgehead atoms. The van der Waals surface area contributed by atoms with E-state index < -0.39 is 12.8 Å². The first kappa shape index (κ1) is 18.5. The summed E-state index contributed by atoms with van der Waals surface area (Å²) >= 11 is 1.72. The molecule has 1 aromatic rings. The molecule has 0 spiro atoms. The third-order valence-corrected chi connectivity index (χ3v) is 6.35. The number of hydrogen-bond donors (Lipinski definition) is 1. The number of rotatable bonds is 3. The summed E-state index contributed by atoms with van der Waals surface area (Å²) in [5, 5.41) is 3.46. The number of nitrogens with one attached hydrogen (secondary N) is 1. The van der Waals surface area contributed by atoms with Crippen molar-refractivity contribution >= 4 is 17.5 Å². The SMILES string of the molecule is Cc1ccc(C2C3=C(CCS3)NC3=C2C(=O)CCC3)cc1OCC(F)(F)F. The standard InChI is InChI=1S/C20H20F3NO2S/c1-11-5-6-12(9-16(11)26-10-20(21,22)23)17-18-13(3-2-4-15(18)25)24-14-7-8-27-19(14)17/h5-6,9,17,24H,2-4,7-8,10H2,1H3. The van der Waals surface area contributed by atoms with Crippen molar-refractivity contribution in [1.82, 2.24) is 5.32 Å². The third kappa shape index (κ3) is 3.61. The Balaban J connectivity index is 1.74. The maximum atomic E-state index is 12.7. The molecule has 27 heavy (non-hydrogen) atoms. The van der Waals surface area contributed by atoms with E-state index in [1.807, 2.05) is 6.07 Å². The summed E-state index contributed by atoms with van der Waals surface area (Å²) in [6.45, 7) is 0.405. The van der Waals surface area contributed by atoms with Crippen LogP contribution in [-0.4, -0.2) is 24.3 Å². The van der Waals surface area contributed by atoms with Gasteiger partial charge in [0, 0.05) is 40.0 Å². The Morgan fingerprint density at radius 3 is 2.81 bits per heavy atom. The van der Waals surface area contributed by atoms with E-state index in [1.54, 1.807) is 30.8 Å². The molecular weight excluding hydrogens is 375 g/mol. The summed E-state index contributed by atoms with van der Waals surface area (Å²) in [7, 11) is 0. The number of aryl methyl sites for hydroxylation is 1. The Labute approximate surface area is 160 Å². The van der Waals surface area contributed by atoms with Gasteiger partial charge in [-0.15, -0.1) is 11.8 Å². The maximum absolute atomic E-state index is 12.7. The summed E-state index contributed by atoms with van der Waals surface area (Å²) in [5.74, 6) is 1.10. The van der Waals surface area contributed by atoms with Gasteiger partial charge in [0.15, 0.2) is 12.4 Å². The molecule has 2 aliphatic heterocycles. The number of ketones is 1. The molecule has 1 N–H and O–H groups in total. The van der Waals surface area contributed by atoms with Crippen molar-refractivity contribution in [3.05, 3.63) is 51.2 Å². The lowest BCUT2D eigenvalue weighted by Gasteiger charge is -2.33. The van der Waals surface area contributed by atoms with Gasteiger partial charge in [-0.05, 0) is 43.4 Å². The van der Waals surface area contributed by atoms with E-state index in [0.29, 0.717) is 12.0 Å². The van der Waals surface area contributed by atoms with Crippen LogP contribution >= 0.6 is 11.8 Å². The lowest BCUT2D eigenvalue weighted by Crippen LogP contribution is -2.30. The topological polar surface area (TPSA) is 38.3 Å². The third-order valence-electron chi connectivity index (χ3n) is 5.15. The highest BCUT2D eigenvalue weighted by Crippen LogP contribution is 2.50. The van der Waals surface area contributed by atoms with Gasteiger partial charge in [-0.2, -0.15) is 13.2 Å². The highest BCUT2D eigenvalue weighted by atomic mass is 32.2. The largest absolute Gasteiger partial charge is 0.484 e. The lowest BCUT2D eigenvalue weighted by atomic mass is 9.79. The van der Waals surface area contributed by atoms with Crippen LogP contribution in [-0.2, 0) is 4.79 Å². The van der Waals surface area contributed by atoms with Crippen molar-refractivity contribution in [3.8, 4) is 5.75 Å². The second-order valence-electron chi connectivity index (χ2n) is 7.10. The normalized spacial score (nSPS) is 22.5. The fraction of sp³-hybridized carbons (Fsp3) is 0.450. The maximum Gasteiger partial charge on any atom is 0.422 e. The minimum Gasteiger partial charge on any atom is -0.484 e. The summed E-state index contributed by atoms with van der Waals surface area (Å²) < 4.78 is 42.8.